The van der Waals surface area contributed by atoms with Crippen LogP contribution in [-0.2, 0) is 14.6 Å². The summed E-state index contributed by atoms with van der Waals surface area (Å²) in [4.78, 5) is 28.8. The van der Waals surface area contributed by atoms with Crippen LogP contribution in [0.15, 0.2) is 23.2 Å². The molecule has 0 aliphatic heterocycles. The molecule has 0 atom stereocenters. The van der Waals surface area contributed by atoms with Gasteiger partial charge in [0.1, 0.15) is 10.7 Å². The molecule has 2 aromatic heterocycles. The van der Waals surface area contributed by atoms with Gasteiger partial charge in [-0.05, 0) is 43.2 Å². The topological polar surface area (TPSA) is 143 Å². The highest BCUT2D eigenvalue weighted by Crippen LogP contribution is 2.41. The smallest absolute Gasteiger partial charge is 0.273 e. The number of rotatable bonds is 7. The number of sulfone groups is 1. The van der Waals surface area contributed by atoms with Crippen molar-refractivity contribution < 1.29 is 22.1 Å². The number of anilines is 3. The second-order valence-electron chi connectivity index (χ2n) is 7.50. The molecule has 0 spiro atoms. The molecular formula is C19H22N6O4S. The van der Waals surface area contributed by atoms with E-state index in [1.165, 1.54) is 12.1 Å². The van der Waals surface area contributed by atoms with Gasteiger partial charge in [0.2, 0.25) is 5.91 Å². The molecule has 2 aliphatic carbocycles. The van der Waals surface area contributed by atoms with Crippen LogP contribution in [0.2, 0.25) is 0 Å². The number of hydrogen-bond acceptors (Lipinski definition) is 8. The molecule has 0 radical (unpaired) electrons. The van der Waals surface area contributed by atoms with Gasteiger partial charge < -0.3 is 16.0 Å². The van der Waals surface area contributed by atoms with Crippen LogP contribution in [0.3, 0.4) is 0 Å². The Morgan fingerprint density at radius 1 is 1.17 bits per heavy atom. The van der Waals surface area contributed by atoms with Crippen LogP contribution in [0.4, 0.5) is 17.3 Å². The molecule has 2 amide bonds. The zero-order chi connectivity index (χ0) is 24.0. The lowest BCUT2D eigenvalue weighted by Gasteiger charge is -2.14. The summed E-state index contributed by atoms with van der Waals surface area (Å²) in [7, 11) is -3.70. The summed E-state index contributed by atoms with van der Waals surface area (Å²) in [5, 5.41) is 14.7. The summed E-state index contributed by atoms with van der Waals surface area (Å²) >= 11 is 0. The van der Waals surface area contributed by atoms with Crippen LogP contribution >= 0.6 is 0 Å². The summed E-state index contributed by atoms with van der Waals surface area (Å²) in [5.41, 5.74) is 0.337. The van der Waals surface area contributed by atoms with Crippen molar-refractivity contribution in [3.8, 4) is 0 Å². The SMILES string of the molecule is [2H]C([2H])([2H])NC(=O)c1nnc(NC(=O)C2CC2)cc1Nc1ncc(C2CC2)cc1S(C)(=O)=O. The van der Waals surface area contributed by atoms with Crippen molar-refractivity contribution in [3.05, 3.63) is 29.6 Å². The zero-order valence-electron chi connectivity index (χ0n) is 19.1. The van der Waals surface area contributed by atoms with E-state index in [4.69, 9.17) is 4.11 Å². The predicted octanol–water partition coefficient (Wildman–Crippen LogP) is 1.60. The van der Waals surface area contributed by atoms with Gasteiger partial charge in [0.05, 0.1) is 5.69 Å². The van der Waals surface area contributed by atoms with Crippen LogP contribution in [0.1, 0.15) is 51.8 Å². The standard InChI is InChI=1S/C19H22N6O4S/c1-20-19(27)16-13(8-15(24-25-16)23-18(26)11-5-6-11)22-17-14(30(2,28)29)7-12(9-21-17)10-3-4-10/h7-11H,3-6H2,1-2H3,(H,20,27)(H2,21,22,23,24,26)/i1D3. The first-order valence-electron chi connectivity index (χ1n) is 10.9. The minimum absolute atomic E-state index is 0.0235. The minimum Gasteiger partial charge on any atom is -0.354 e. The van der Waals surface area contributed by atoms with Crippen molar-refractivity contribution in [1.29, 1.82) is 0 Å². The van der Waals surface area contributed by atoms with E-state index in [-0.39, 0.29) is 40.0 Å². The fourth-order valence-corrected chi connectivity index (χ4v) is 3.76. The Morgan fingerprint density at radius 2 is 1.93 bits per heavy atom. The summed E-state index contributed by atoms with van der Waals surface area (Å²) in [6.07, 6.45) is 6.03. The van der Waals surface area contributed by atoms with Crippen molar-refractivity contribution in [3.63, 3.8) is 0 Å². The molecule has 2 aliphatic rings. The molecule has 2 heterocycles. The number of amides is 2. The van der Waals surface area contributed by atoms with E-state index in [0.29, 0.717) is 0 Å². The number of aromatic nitrogens is 3. The molecule has 10 nitrogen and oxygen atoms in total. The van der Waals surface area contributed by atoms with Gasteiger partial charge in [0, 0.05) is 35.5 Å². The normalized spacial score (nSPS) is 18.0. The Kier molecular flexibility index (Phi) is 4.25. The van der Waals surface area contributed by atoms with E-state index in [1.807, 2.05) is 5.32 Å². The highest BCUT2D eigenvalue weighted by Gasteiger charge is 2.30. The third kappa shape index (κ3) is 4.40. The number of carbonyl (C=O) groups is 2. The van der Waals surface area contributed by atoms with E-state index in [1.54, 1.807) is 6.20 Å². The minimum atomic E-state index is -3.70. The maximum Gasteiger partial charge on any atom is 0.273 e. The van der Waals surface area contributed by atoms with Crippen LogP contribution in [0.5, 0.6) is 0 Å². The molecule has 0 saturated heterocycles. The first-order chi connectivity index (χ1) is 15.4. The van der Waals surface area contributed by atoms with E-state index in [2.05, 4.69) is 25.8 Å². The average molecular weight is 434 g/mol. The first kappa shape index (κ1) is 16.7. The molecule has 2 aromatic rings. The van der Waals surface area contributed by atoms with E-state index in [9.17, 15) is 18.0 Å². The Balaban J connectivity index is 1.72. The first-order valence-corrected chi connectivity index (χ1v) is 11.3. The Morgan fingerprint density at radius 3 is 2.57 bits per heavy atom. The monoisotopic (exact) mass is 433 g/mol. The maximum atomic E-state index is 12.5. The van der Waals surface area contributed by atoms with Crippen molar-refractivity contribution >= 4 is 39.0 Å². The Hall–Kier alpha value is -3.08. The van der Waals surface area contributed by atoms with E-state index >= 15 is 0 Å². The van der Waals surface area contributed by atoms with Crippen molar-refractivity contribution in [2.24, 2.45) is 5.92 Å². The van der Waals surface area contributed by atoms with Crippen molar-refractivity contribution in [1.82, 2.24) is 20.5 Å². The number of nitrogens with one attached hydrogen (secondary N) is 3. The quantitative estimate of drug-likeness (QED) is 0.597. The summed E-state index contributed by atoms with van der Waals surface area (Å²) in [6.45, 7) is -2.78. The molecule has 158 valence electrons. The van der Waals surface area contributed by atoms with Crippen LogP contribution in [0, 0.1) is 5.92 Å². The molecule has 11 heteroatoms. The average Bonchev–Trinajstić information content (AvgIpc) is 3.59. The number of nitrogens with zero attached hydrogens (tertiary/aromatic N) is 3. The lowest BCUT2D eigenvalue weighted by molar-refractivity contribution is -0.117. The van der Waals surface area contributed by atoms with Gasteiger partial charge >= 0.3 is 0 Å². The van der Waals surface area contributed by atoms with Gasteiger partial charge in [0.15, 0.2) is 21.3 Å². The van der Waals surface area contributed by atoms with Gasteiger partial charge in [-0.1, -0.05) is 0 Å². The number of hydrogen-bond donors (Lipinski definition) is 3. The summed E-state index contributed by atoms with van der Waals surface area (Å²) in [5.74, 6) is -1.19. The maximum absolute atomic E-state index is 12.5. The van der Waals surface area contributed by atoms with Gasteiger partial charge in [0.25, 0.3) is 5.91 Å². The van der Waals surface area contributed by atoms with Gasteiger partial charge in [-0.25, -0.2) is 13.4 Å². The fraction of sp³-hybridized carbons (Fsp3) is 0.421. The Bertz CT molecular complexity index is 1230. The highest BCUT2D eigenvalue weighted by molar-refractivity contribution is 7.90. The van der Waals surface area contributed by atoms with Crippen LogP contribution < -0.4 is 16.0 Å². The van der Waals surface area contributed by atoms with Crippen LogP contribution in [0.25, 0.3) is 0 Å². The van der Waals surface area contributed by atoms with E-state index in [0.717, 1.165) is 37.5 Å². The third-order valence-electron chi connectivity index (χ3n) is 4.90. The second kappa shape index (κ2) is 7.63. The summed E-state index contributed by atoms with van der Waals surface area (Å²) < 4.78 is 46.6. The Labute approximate surface area is 178 Å². The molecule has 2 saturated carbocycles. The summed E-state index contributed by atoms with van der Waals surface area (Å²) in [6, 6.07) is 2.82. The largest absolute Gasteiger partial charge is 0.354 e. The van der Waals surface area contributed by atoms with Crippen molar-refractivity contribution in [2.75, 3.05) is 23.9 Å². The van der Waals surface area contributed by atoms with E-state index < -0.39 is 28.4 Å². The fourth-order valence-electron chi connectivity index (χ4n) is 2.95. The van der Waals surface area contributed by atoms with Gasteiger partial charge in [-0.3, -0.25) is 9.59 Å². The van der Waals surface area contributed by atoms with Gasteiger partial charge in [-0.2, -0.15) is 0 Å². The predicted molar refractivity (Wildman–Crippen MR) is 109 cm³/mol. The third-order valence-corrected chi connectivity index (χ3v) is 6.01. The molecule has 2 fully saturated rings. The lowest BCUT2D eigenvalue weighted by Crippen LogP contribution is -2.23. The molecule has 0 aromatic carbocycles. The molecular weight excluding hydrogens is 408 g/mol. The van der Waals surface area contributed by atoms with Gasteiger partial charge in [-0.15, -0.1) is 10.2 Å². The molecule has 3 N–H and O–H groups in total. The molecule has 0 bridgehead atoms. The van der Waals surface area contributed by atoms with Crippen LogP contribution in [-0.4, -0.2) is 48.6 Å². The molecule has 4 rings (SSSR count). The van der Waals surface area contributed by atoms with Crippen molar-refractivity contribution in [2.45, 2.75) is 36.5 Å². The molecule has 30 heavy (non-hydrogen) atoms. The number of carbonyl (C=O) groups excluding carboxylic acids is 2. The second-order valence-corrected chi connectivity index (χ2v) is 9.48. The lowest BCUT2D eigenvalue weighted by atomic mass is 10.2. The highest BCUT2D eigenvalue weighted by atomic mass is 32.2. The number of pyridine rings is 1. The molecule has 0 unspecified atom stereocenters. The zero-order valence-corrected chi connectivity index (χ0v) is 16.9.